The molecule has 2 aromatic rings. The van der Waals surface area contributed by atoms with E-state index >= 15 is 0 Å². The Bertz CT molecular complexity index is 997. The molecule has 1 N–H and O–H groups in total. The summed E-state index contributed by atoms with van der Waals surface area (Å²) in [7, 11) is 3.45. The SMILES string of the molecule is CN(C)C(=O)c1ccc(N2CCC(C3CCN(C(=O)C(O)c4ccccc4)CC3)CC2)cc1Cl. The van der Waals surface area contributed by atoms with Crippen LogP contribution in [0.4, 0.5) is 5.69 Å². The highest BCUT2D eigenvalue weighted by Gasteiger charge is 2.33. The summed E-state index contributed by atoms with van der Waals surface area (Å²) in [6.45, 7) is 3.36. The Hall–Kier alpha value is -2.57. The smallest absolute Gasteiger partial charge is 0.256 e. The normalized spacial score (nSPS) is 18.6. The van der Waals surface area contributed by atoms with E-state index in [4.69, 9.17) is 11.6 Å². The molecule has 2 aliphatic heterocycles. The minimum Gasteiger partial charge on any atom is -0.378 e. The average molecular weight is 484 g/mol. The molecule has 6 nitrogen and oxygen atoms in total. The lowest BCUT2D eigenvalue weighted by Crippen LogP contribution is -2.44. The van der Waals surface area contributed by atoms with Crippen LogP contribution < -0.4 is 4.90 Å². The second-order valence-corrected chi connectivity index (χ2v) is 10.1. The molecule has 2 saturated heterocycles. The first kappa shape index (κ1) is 24.6. The molecule has 1 unspecified atom stereocenters. The number of rotatable bonds is 5. The van der Waals surface area contributed by atoms with Crippen LogP contribution in [0.25, 0.3) is 0 Å². The standard InChI is InChI=1S/C27H34ClN3O3/c1-29(2)26(33)23-9-8-22(18-24(23)28)30-14-10-19(11-15-30)20-12-16-31(17-13-20)27(34)25(32)21-6-4-3-5-7-21/h3-9,18-20,25,32H,10-17H2,1-2H3. The monoisotopic (exact) mass is 483 g/mol. The Morgan fingerprint density at radius 2 is 1.53 bits per heavy atom. The van der Waals surface area contributed by atoms with Crippen molar-refractivity contribution < 1.29 is 14.7 Å². The molecule has 2 heterocycles. The summed E-state index contributed by atoms with van der Waals surface area (Å²) in [6, 6.07) is 14.9. The van der Waals surface area contributed by atoms with E-state index in [1.54, 1.807) is 26.2 Å². The van der Waals surface area contributed by atoms with Crippen LogP contribution in [0.5, 0.6) is 0 Å². The van der Waals surface area contributed by atoms with Gasteiger partial charge in [-0.2, -0.15) is 0 Å². The lowest BCUT2D eigenvalue weighted by Gasteiger charge is -2.41. The van der Waals surface area contributed by atoms with E-state index in [1.165, 1.54) is 4.90 Å². The van der Waals surface area contributed by atoms with Gasteiger partial charge in [0.2, 0.25) is 0 Å². The zero-order chi connectivity index (χ0) is 24.2. The molecule has 2 aromatic carbocycles. The summed E-state index contributed by atoms with van der Waals surface area (Å²) in [5.74, 6) is 0.991. The predicted molar refractivity (Wildman–Crippen MR) is 135 cm³/mol. The highest BCUT2D eigenvalue weighted by atomic mass is 35.5. The fraction of sp³-hybridized carbons (Fsp3) is 0.481. The van der Waals surface area contributed by atoms with Gasteiger partial charge >= 0.3 is 0 Å². The maximum absolute atomic E-state index is 12.7. The Labute approximate surface area is 207 Å². The van der Waals surface area contributed by atoms with E-state index in [1.807, 2.05) is 41.3 Å². The van der Waals surface area contributed by atoms with Gasteiger partial charge < -0.3 is 19.8 Å². The number of nitrogens with zero attached hydrogens (tertiary/aromatic N) is 3. The number of carbonyl (C=O) groups excluding carboxylic acids is 2. The van der Waals surface area contributed by atoms with Crippen molar-refractivity contribution in [1.29, 1.82) is 0 Å². The molecule has 0 radical (unpaired) electrons. The number of anilines is 1. The molecule has 0 saturated carbocycles. The molecule has 1 atom stereocenters. The maximum atomic E-state index is 12.7. The predicted octanol–water partition coefficient (Wildman–Crippen LogP) is 4.23. The summed E-state index contributed by atoms with van der Waals surface area (Å²) in [6.07, 6.45) is 3.13. The van der Waals surface area contributed by atoms with E-state index in [-0.39, 0.29) is 11.8 Å². The first-order valence-corrected chi connectivity index (χ1v) is 12.5. The third-order valence-corrected chi connectivity index (χ3v) is 7.67. The van der Waals surface area contributed by atoms with Crippen LogP contribution in [0, 0.1) is 11.8 Å². The molecule has 0 bridgehead atoms. The third kappa shape index (κ3) is 5.39. The number of benzene rings is 2. The number of piperidine rings is 2. The number of aliphatic hydroxyl groups is 1. The first-order chi connectivity index (χ1) is 16.3. The topological polar surface area (TPSA) is 64.1 Å². The Kier molecular flexibility index (Phi) is 7.79. The number of carbonyl (C=O) groups is 2. The molecule has 0 spiro atoms. The minimum absolute atomic E-state index is 0.0867. The molecular formula is C27H34ClN3O3. The zero-order valence-electron chi connectivity index (χ0n) is 20.0. The molecule has 2 fully saturated rings. The lowest BCUT2D eigenvalue weighted by atomic mass is 9.78. The highest BCUT2D eigenvalue weighted by molar-refractivity contribution is 6.34. The number of amides is 2. The molecule has 2 aliphatic rings. The lowest BCUT2D eigenvalue weighted by molar-refractivity contribution is -0.142. The van der Waals surface area contributed by atoms with Gasteiger partial charge in [-0.25, -0.2) is 0 Å². The van der Waals surface area contributed by atoms with E-state index < -0.39 is 6.10 Å². The summed E-state index contributed by atoms with van der Waals surface area (Å²) in [5.41, 5.74) is 2.25. The van der Waals surface area contributed by atoms with Gasteiger partial charge in [0, 0.05) is 46.0 Å². The molecule has 182 valence electrons. The van der Waals surface area contributed by atoms with Crippen LogP contribution >= 0.6 is 11.6 Å². The fourth-order valence-electron chi connectivity index (χ4n) is 5.29. The van der Waals surface area contributed by atoms with Gasteiger partial charge in [-0.1, -0.05) is 41.9 Å². The van der Waals surface area contributed by atoms with Crippen LogP contribution in [0.3, 0.4) is 0 Å². The Balaban J connectivity index is 1.27. The van der Waals surface area contributed by atoms with Crippen LogP contribution in [-0.2, 0) is 4.79 Å². The van der Waals surface area contributed by atoms with Crippen LogP contribution in [-0.4, -0.2) is 67.0 Å². The maximum Gasteiger partial charge on any atom is 0.256 e. The molecule has 4 rings (SSSR count). The quantitative estimate of drug-likeness (QED) is 0.691. The number of hydrogen-bond donors (Lipinski definition) is 1. The second-order valence-electron chi connectivity index (χ2n) is 9.66. The van der Waals surface area contributed by atoms with Crippen LogP contribution in [0.2, 0.25) is 5.02 Å². The van der Waals surface area contributed by atoms with Crippen molar-refractivity contribution in [3.05, 3.63) is 64.7 Å². The van der Waals surface area contributed by atoms with E-state index in [9.17, 15) is 14.7 Å². The van der Waals surface area contributed by atoms with E-state index in [2.05, 4.69) is 4.90 Å². The number of halogens is 1. The molecular weight excluding hydrogens is 450 g/mol. The summed E-state index contributed by atoms with van der Waals surface area (Å²) >= 11 is 6.41. The van der Waals surface area contributed by atoms with Crippen molar-refractivity contribution in [1.82, 2.24) is 9.80 Å². The number of hydrogen-bond acceptors (Lipinski definition) is 4. The molecule has 34 heavy (non-hydrogen) atoms. The first-order valence-electron chi connectivity index (χ1n) is 12.1. The minimum atomic E-state index is -1.08. The van der Waals surface area contributed by atoms with Crippen molar-refractivity contribution in [2.75, 3.05) is 45.2 Å². The molecule has 0 aromatic heterocycles. The van der Waals surface area contributed by atoms with Gasteiger partial charge in [-0.3, -0.25) is 9.59 Å². The van der Waals surface area contributed by atoms with Gasteiger partial charge in [0.05, 0.1) is 10.6 Å². The average Bonchev–Trinajstić information content (AvgIpc) is 2.88. The van der Waals surface area contributed by atoms with E-state index in [0.717, 1.165) is 44.5 Å². The summed E-state index contributed by atoms with van der Waals surface area (Å²) in [4.78, 5) is 30.7. The van der Waals surface area contributed by atoms with Crippen molar-refractivity contribution in [3.8, 4) is 0 Å². The molecule has 2 amide bonds. The largest absolute Gasteiger partial charge is 0.378 e. The van der Waals surface area contributed by atoms with Crippen LogP contribution in [0.1, 0.15) is 47.7 Å². The van der Waals surface area contributed by atoms with Crippen molar-refractivity contribution in [3.63, 3.8) is 0 Å². The second kappa shape index (κ2) is 10.8. The summed E-state index contributed by atoms with van der Waals surface area (Å²) in [5, 5.41) is 11.0. The summed E-state index contributed by atoms with van der Waals surface area (Å²) < 4.78 is 0. The van der Waals surface area contributed by atoms with Gasteiger partial charge in [0.25, 0.3) is 11.8 Å². The molecule has 7 heteroatoms. The van der Waals surface area contributed by atoms with E-state index in [0.29, 0.717) is 41.1 Å². The number of aliphatic hydroxyl groups excluding tert-OH is 1. The highest BCUT2D eigenvalue weighted by Crippen LogP contribution is 2.35. The van der Waals surface area contributed by atoms with Crippen LogP contribution in [0.15, 0.2) is 48.5 Å². The van der Waals surface area contributed by atoms with Gasteiger partial charge in [-0.15, -0.1) is 0 Å². The fourth-order valence-corrected chi connectivity index (χ4v) is 5.54. The van der Waals surface area contributed by atoms with Crippen molar-refractivity contribution in [2.24, 2.45) is 11.8 Å². The Morgan fingerprint density at radius 3 is 2.09 bits per heavy atom. The van der Waals surface area contributed by atoms with Crippen molar-refractivity contribution >= 4 is 29.1 Å². The zero-order valence-corrected chi connectivity index (χ0v) is 20.7. The third-order valence-electron chi connectivity index (χ3n) is 7.36. The number of likely N-dealkylation sites (tertiary alicyclic amines) is 1. The van der Waals surface area contributed by atoms with Gasteiger partial charge in [0.15, 0.2) is 6.10 Å². The van der Waals surface area contributed by atoms with Gasteiger partial charge in [0.1, 0.15) is 0 Å². The van der Waals surface area contributed by atoms with Crippen molar-refractivity contribution in [2.45, 2.75) is 31.8 Å². The Morgan fingerprint density at radius 1 is 0.941 bits per heavy atom. The van der Waals surface area contributed by atoms with Gasteiger partial charge in [-0.05, 0) is 61.3 Å². The molecule has 0 aliphatic carbocycles.